The van der Waals surface area contributed by atoms with Crippen molar-refractivity contribution >= 4 is 22.7 Å². The summed E-state index contributed by atoms with van der Waals surface area (Å²) in [5, 5.41) is 6.68. The third-order valence-electron chi connectivity index (χ3n) is 5.13. The first-order chi connectivity index (χ1) is 12.7. The normalized spacial score (nSPS) is 16.7. The van der Waals surface area contributed by atoms with Crippen LogP contribution in [0, 0.1) is 6.92 Å². The average molecular weight is 363 g/mol. The second-order valence-corrected chi connectivity index (χ2v) is 7.15. The van der Waals surface area contributed by atoms with Crippen molar-refractivity contribution in [2.45, 2.75) is 26.3 Å². The van der Waals surface area contributed by atoms with Crippen LogP contribution in [0.2, 0.25) is 0 Å². The van der Waals surface area contributed by atoms with Gasteiger partial charge in [-0.2, -0.15) is 0 Å². The Bertz CT molecular complexity index is 1050. The molecule has 1 atom stereocenters. The molecule has 1 aliphatic heterocycles. The molecular weight excluding hydrogens is 340 g/mol. The van der Waals surface area contributed by atoms with Gasteiger partial charge < -0.3 is 10.3 Å². The Morgan fingerprint density at radius 3 is 2.50 bits per heavy atom. The topological polar surface area (TPSA) is 27.8 Å². The lowest BCUT2D eigenvalue weighted by molar-refractivity contribution is 0.708. The summed E-state index contributed by atoms with van der Waals surface area (Å²) in [5.74, 6) is 0. The van der Waals surface area contributed by atoms with Gasteiger partial charge in [0.05, 0.1) is 6.04 Å². The third-order valence-corrected chi connectivity index (χ3v) is 5.54. The number of aromatic amines is 1. The van der Waals surface area contributed by atoms with Crippen molar-refractivity contribution in [2.24, 2.45) is 0 Å². The van der Waals surface area contributed by atoms with Gasteiger partial charge in [-0.15, -0.1) is 0 Å². The Labute approximate surface area is 159 Å². The largest absolute Gasteiger partial charge is 0.358 e. The molecule has 1 aliphatic rings. The summed E-state index contributed by atoms with van der Waals surface area (Å²) in [6.45, 7) is 5.13. The van der Waals surface area contributed by atoms with Crippen molar-refractivity contribution in [3.05, 3.63) is 82.0 Å². The van der Waals surface area contributed by atoms with E-state index in [2.05, 4.69) is 78.8 Å². The summed E-state index contributed by atoms with van der Waals surface area (Å²) in [6, 6.07) is 19.0. The molecule has 1 unspecified atom stereocenters. The van der Waals surface area contributed by atoms with Gasteiger partial charge in [-0.05, 0) is 36.1 Å². The van der Waals surface area contributed by atoms with Gasteiger partial charge in [-0.25, -0.2) is 0 Å². The van der Waals surface area contributed by atoms with E-state index in [-0.39, 0.29) is 6.04 Å². The van der Waals surface area contributed by atoms with E-state index in [1.54, 1.807) is 0 Å². The summed E-state index contributed by atoms with van der Waals surface area (Å²) in [7, 11) is 0. The van der Waals surface area contributed by atoms with Crippen LogP contribution in [0.5, 0.6) is 0 Å². The number of halogens is 1. The number of benzene rings is 2. The Morgan fingerprint density at radius 1 is 1.04 bits per heavy atom. The second kappa shape index (κ2) is 7.14. The first-order valence-electron chi connectivity index (χ1n) is 9.15. The smallest absolute Gasteiger partial charge is 0.0694 e. The number of aromatic nitrogens is 1. The van der Waals surface area contributed by atoms with Crippen molar-refractivity contribution in [1.29, 1.82) is 0 Å². The molecule has 0 spiro atoms. The summed E-state index contributed by atoms with van der Waals surface area (Å²) < 4.78 is 0. The van der Waals surface area contributed by atoms with Gasteiger partial charge in [0.25, 0.3) is 0 Å². The number of hydrogen-bond acceptors (Lipinski definition) is 1. The van der Waals surface area contributed by atoms with Gasteiger partial charge in [0, 0.05) is 33.4 Å². The number of aryl methyl sites for hydroxylation is 2. The highest BCUT2D eigenvalue weighted by atomic mass is 35.5. The summed E-state index contributed by atoms with van der Waals surface area (Å²) in [6.07, 6.45) is 3.15. The molecule has 2 N–H and O–H groups in total. The van der Waals surface area contributed by atoms with E-state index >= 15 is 0 Å². The SMILES string of the molecule is CCc1[nH]c2c(c1-c1ccccc1C)=C(Cl)C(c1ccccc1)NCC=2. The molecule has 2 aromatic carbocycles. The van der Waals surface area contributed by atoms with E-state index in [9.17, 15) is 0 Å². The molecule has 0 radical (unpaired) electrons. The fraction of sp³-hybridized carbons (Fsp3) is 0.217. The Morgan fingerprint density at radius 2 is 1.77 bits per heavy atom. The molecule has 2 heterocycles. The van der Waals surface area contributed by atoms with Crippen LogP contribution in [-0.4, -0.2) is 11.5 Å². The van der Waals surface area contributed by atoms with Crippen molar-refractivity contribution < 1.29 is 0 Å². The number of H-pyrrole nitrogens is 1. The molecule has 4 rings (SSSR count). The van der Waals surface area contributed by atoms with E-state index in [0.29, 0.717) is 0 Å². The van der Waals surface area contributed by atoms with Gasteiger partial charge in [0.15, 0.2) is 0 Å². The van der Waals surface area contributed by atoms with E-state index in [1.165, 1.54) is 27.9 Å². The van der Waals surface area contributed by atoms with Crippen molar-refractivity contribution in [3.63, 3.8) is 0 Å². The molecule has 0 fully saturated rings. The predicted octanol–water partition coefficient (Wildman–Crippen LogP) is 4.02. The molecule has 1 aromatic heterocycles. The number of nitrogens with one attached hydrogen (secondary N) is 2. The Balaban J connectivity index is 2.05. The molecule has 132 valence electrons. The zero-order chi connectivity index (χ0) is 18.1. The minimum atomic E-state index is -0.00126. The van der Waals surface area contributed by atoms with Crippen LogP contribution in [0.25, 0.3) is 22.2 Å². The van der Waals surface area contributed by atoms with Gasteiger partial charge in [0.2, 0.25) is 0 Å². The molecule has 0 amide bonds. The van der Waals surface area contributed by atoms with Gasteiger partial charge >= 0.3 is 0 Å². The highest BCUT2D eigenvalue weighted by Crippen LogP contribution is 2.29. The van der Waals surface area contributed by atoms with Crippen LogP contribution in [0.4, 0.5) is 0 Å². The maximum absolute atomic E-state index is 7.04. The van der Waals surface area contributed by atoms with Crippen LogP contribution in [-0.2, 0) is 6.42 Å². The van der Waals surface area contributed by atoms with Crippen LogP contribution in [0.3, 0.4) is 0 Å². The van der Waals surface area contributed by atoms with Crippen LogP contribution < -0.4 is 15.9 Å². The Kier molecular flexibility index (Phi) is 4.71. The van der Waals surface area contributed by atoms with E-state index in [1.807, 2.05) is 6.07 Å². The van der Waals surface area contributed by atoms with Gasteiger partial charge in [-0.1, -0.05) is 73.1 Å². The highest BCUT2D eigenvalue weighted by molar-refractivity contribution is 6.46. The first kappa shape index (κ1) is 17.1. The monoisotopic (exact) mass is 362 g/mol. The maximum atomic E-state index is 7.04. The zero-order valence-electron chi connectivity index (χ0n) is 15.1. The standard InChI is InChI=1S/C23H23ClN2/c1-3-18-20(17-12-8-7-9-15(17)2)21-19(26-18)13-14-25-23(22(21)24)16-10-5-4-6-11-16/h4-13,23,25-26H,3,14H2,1-2H3. The molecule has 0 saturated heterocycles. The van der Waals surface area contributed by atoms with Crippen molar-refractivity contribution in [1.82, 2.24) is 10.3 Å². The van der Waals surface area contributed by atoms with Gasteiger partial charge in [-0.3, -0.25) is 0 Å². The van der Waals surface area contributed by atoms with Gasteiger partial charge in [0.1, 0.15) is 0 Å². The highest BCUT2D eigenvalue weighted by Gasteiger charge is 2.22. The summed E-state index contributed by atoms with van der Waals surface area (Å²) in [4.78, 5) is 3.62. The quantitative estimate of drug-likeness (QED) is 0.723. The lowest BCUT2D eigenvalue weighted by Crippen LogP contribution is -2.27. The van der Waals surface area contributed by atoms with Crippen LogP contribution >= 0.6 is 11.6 Å². The molecule has 3 aromatic rings. The van der Waals surface area contributed by atoms with Crippen LogP contribution in [0.1, 0.15) is 29.8 Å². The fourth-order valence-corrected chi connectivity index (χ4v) is 4.21. The fourth-order valence-electron chi connectivity index (χ4n) is 3.81. The molecule has 2 nitrogen and oxygen atoms in total. The molecule has 0 bridgehead atoms. The lowest BCUT2D eigenvalue weighted by atomic mass is 9.96. The Hall–Kier alpha value is -2.29. The third kappa shape index (κ3) is 2.90. The summed E-state index contributed by atoms with van der Waals surface area (Å²) >= 11 is 7.04. The molecule has 0 aliphatic carbocycles. The summed E-state index contributed by atoms with van der Waals surface area (Å²) in [5.41, 5.74) is 6.19. The maximum Gasteiger partial charge on any atom is 0.0694 e. The molecule has 0 saturated carbocycles. The first-order valence-corrected chi connectivity index (χ1v) is 9.53. The number of rotatable bonds is 3. The van der Waals surface area contributed by atoms with E-state index < -0.39 is 0 Å². The lowest BCUT2D eigenvalue weighted by Gasteiger charge is -2.17. The zero-order valence-corrected chi connectivity index (χ0v) is 15.9. The molecule has 26 heavy (non-hydrogen) atoms. The van der Waals surface area contributed by atoms with E-state index in [0.717, 1.165) is 28.6 Å². The second-order valence-electron chi connectivity index (χ2n) is 6.74. The van der Waals surface area contributed by atoms with Crippen molar-refractivity contribution in [3.8, 4) is 11.1 Å². The molecular formula is C23H23ClN2. The minimum absolute atomic E-state index is 0.00126. The van der Waals surface area contributed by atoms with Crippen LogP contribution in [0.15, 0.2) is 54.6 Å². The number of fused-ring (bicyclic) bond motifs is 1. The molecule has 3 heteroatoms. The predicted molar refractivity (Wildman–Crippen MR) is 111 cm³/mol. The average Bonchev–Trinajstić information content (AvgIpc) is 2.96. The minimum Gasteiger partial charge on any atom is -0.358 e. The van der Waals surface area contributed by atoms with Crippen molar-refractivity contribution in [2.75, 3.05) is 6.54 Å². The van der Waals surface area contributed by atoms with E-state index in [4.69, 9.17) is 11.6 Å². The number of hydrogen-bond donors (Lipinski definition) is 2.